The van der Waals surface area contributed by atoms with Crippen molar-refractivity contribution in [2.24, 2.45) is 5.92 Å². The van der Waals surface area contributed by atoms with E-state index in [1.807, 2.05) is 13.8 Å². The summed E-state index contributed by atoms with van der Waals surface area (Å²) in [4.78, 5) is 21.9. The molecule has 0 aliphatic carbocycles. The van der Waals surface area contributed by atoms with E-state index in [1.54, 1.807) is 6.92 Å². The van der Waals surface area contributed by atoms with Crippen molar-refractivity contribution in [1.82, 2.24) is 5.32 Å². The van der Waals surface area contributed by atoms with Crippen molar-refractivity contribution < 1.29 is 9.72 Å². The van der Waals surface area contributed by atoms with E-state index < -0.39 is 16.4 Å². The van der Waals surface area contributed by atoms with Gasteiger partial charge in [0.2, 0.25) is 0 Å². The first-order chi connectivity index (χ1) is 8.80. The van der Waals surface area contributed by atoms with Crippen LogP contribution in [0.2, 0.25) is 0 Å². The lowest BCUT2D eigenvalue weighted by Gasteiger charge is -2.27. The van der Waals surface area contributed by atoms with E-state index in [0.717, 1.165) is 0 Å². The Hall–Kier alpha value is -2.42. The Labute approximate surface area is 111 Å². The van der Waals surface area contributed by atoms with Crippen LogP contribution in [-0.2, 0) is 0 Å². The van der Waals surface area contributed by atoms with E-state index in [2.05, 4.69) is 11.4 Å². The molecule has 19 heavy (non-hydrogen) atoms. The van der Waals surface area contributed by atoms with Crippen molar-refractivity contribution in [3.63, 3.8) is 0 Å². The van der Waals surface area contributed by atoms with Crippen LogP contribution in [0.1, 0.15) is 31.1 Å². The average Bonchev–Trinajstić information content (AvgIpc) is 2.38. The minimum absolute atomic E-state index is 0.0560. The molecule has 0 unspecified atom stereocenters. The summed E-state index contributed by atoms with van der Waals surface area (Å²) in [5.41, 5.74) is -0.769. The molecule has 1 N–H and O–H groups in total. The van der Waals surface area contributed by atoms with E-state index in [1.165, 1.54) is 24.3 Å². The summed E-state index contributed by atoms with van der Waals surface area (Å²) in [7, 11) is 0. The highest BCUT2D eigenvalue weighted by atomic mass is 16.6. The summed E-state index contributed by atoms with van der Waals surface area (Å²) < 4.78 is 0. The monoisotopic (exact) mass is 261 g/mol. The van der Waals surface area contributed by atoms with Gasteiger partial charge in [0.25, 0.3) is 11.6 Å². The van der Waals surface area contributed by atoms with Gasteiger partial charge in [0.15, 0.2) is 0 Å². The Kier molecular flexibility index (Phi) is 4.22. The number of non-ortho nitro benzene ring substituents is 1. The van der Waals surface area contributed by atoms with E-state index in [0.29, 0.717) is 0 Å². The molecule has 0 saturated heterocycles. The van der Waals surface area contributed by atoms with Crippen LogP contribution in [0.3, 0.4) is 0 Å². The fraction of sp³-hybridized carbons (Fsp3) is 0.385. The molecule has 0 saturated carbocycles. The zero-order chi connectivity index (χ0) is 14.6. The molecule has 1 rings (SSSR count). The van der Waals surface area contributed by atoms with E-state index >= 15 is 0 Å². The van der Waals surface area contributed by atoms with Gasteiger partial charge in [0.05, 0.1) is 11.0 Å². The largest absolute Gasteiger partial charge is 0.334 e. The van der Waals surface area contributed by atoms with Crippen molar-refractivity contribution >= 4 is 11.6 Å². The molecule has 6 heteroatoms. The van der Waals surface area contributed by atoms with Crippen LogP contribution in [0.25, 0.3) is 0 Å². The number of hydrogen-bond donors (Lipinski definition) is 1. The molecule has 1 aromatic rings. The molecule has 0 aliphatic heterocycles. The molecule has 1 aromatic carbocycles. The van der Waals surface area contributed by atoms with Crippen LogP contribution in [-0.4, -0.2) is 16.4 Å². The molecule has 0 fully saturated rings. The SMILES string of the molecule is CC(C)[C@](C)(C#N)NC(=O)c1ccc([N+](=O)[O-])cc1. The van der Waals surface area contributed by atoms with Crippen LogP contribution in [0.15, 0.2) is 24.3 Å². The number of amides is 1. The predicted molar refractivity (Wildman–Crippen MR) is 69.4 cm³/mol. The molecular weight excluding hydrogens is 246 g/mol. The normalized spacial score (nSPS) is 13.4. The van der Waals surface area contributed by atoms with Gasteiger partial charge in [-0.25, -0.2) is 0 Å². The fourth-order valence-electron chi connectivity index (χ4n) is 1.34. The van der Waals surface area contributed by atoms with Gasteiger partial charge in [-0.1, -0.05) is 13.8 Å². The summed E-state index contributed by atoms with van der Waals surface area (Å²) >= 11 is 0. The van der Waals surface area contributed by atoms with Crippen LogP contribution in [0.5, 0.6) is 0 Å². The maximum absolute atomic E-state index is 12.0. The highest BCUT2D eigenvalue weighted by Crippen LogP contribution is 2.17. The molecule has 0 heterocycles. The van der Waals surface area contributed by atoms with Gasteiger partial charge in [-0.05, 0) is 25.0 Å². The summed E-state index contributed by atoms with van der Waals surface area (Å²) in [6, 6.07) is 7.32. The maximum Gasteiger partial charge on any atom is 0.269 e. The highest BCUT2D eigenvalue weighted by molar-refractivity contribution is 5.95. The van der Waals surface area contributed by atoms with Gasteiger partial charge in [-0.3, -0.25) is 14.9 Å². The molecule has 1 atom stereocenters. The number of carbonyl (C=O) groups excluding carboxylic acids is 1. The first kappa shape index (κ1) is 14.6. The third-order valence-corrected chi connectivity index (χ3v) is 3.10. The number of nitro benzene ring substituents is 1. The first-order valence-corrected chi connectivity index (χ1v) is 5.78. The molecule has 0 aromatic heterocycles. The highest BCUT2D eigenvalue weighted by Gasteiger charge is 2.30. The second-order valence-corrected chi connectivity index (χ2v) is 4.73. The molecule has 0 radical (unpaired) electrons. The van der Waals surface area contributed by atoms with E-state index in [-0.39, 0.29) is 17.2 Å². The van der Waals surface area contributed by atoms with Crippen LogP contribution >= 0.6 is 0 Å². The van der Waals surface area contributed by atoms with Crippen LogP contribution in [0.4, 0.5) is 5.69 Å². The minimum Gasteiger partial charge on any atom is -0.334 e. The first-order valence-electron chi connectivity index (χ1n) is 5.78. The number of nitriles is 1. The molecule has 0 bridgehead atoms. The van der Waals surface area contributed by atoms with Crippen molar-refractivity contribution in [3.05, 3.63) is 39.9 Å². The van der Waals surface area contributed by atoms with E-state index in [4.69, 9.17) is 5.26 Å². The number of nitrogens with one attached hydrogen (secondary N) is 1. The molecule has 0 spiro atoms. The second-order valence-electron chi connectivity index (χ2n) is 4.73. The van der Waals surface area contributed by atoms with Gasteiger partial charge in [-0.15, -0.1) is 0 Å². The summed E-state index contributed by atoms with van der Waals surface area (Å²) in [5, 5.41) is 22.3. The smallest absolute Gasteiger partial charge is 0.269 e. The van der Waals surface area contributed by atoms with E-state index in [9.17, 15) is 14.9 Å². The Balaban J connectivity index is 2.90. The lowest BCUT2D eigenvalue weighted by atomic mass is 9.90. The Morgan fingerprint density at radius 3 is 2.32 bits per heavy atom. The maximum atomic E-state index is 12.0. The summed E-state index contributed by atoms with van der Waals surface area (Å²) in [6.07, 6.45) is 0. The standard InChI is InChI=1S/C13H15N3O3/c1-9(2)13(3,8-14)15-12(17)10-4-6-11(7-5-10)16(18)19/h4-7,9H,1-3H3,(H,15,17)/t13-/m0/s1. The van der Waals surface area contributed by atoms with Crippen molar-refractivity contribution in [2.75, 3.05) is 0 Å². The molecule has 0 aliphatic rings. The molecular formula is C13H15N3O3. The number of benzene rings is 1. The fourth-order valence-corrected chi connectivity index (χ4v) is 1.34. The van der Waals surface area contributed by atoms with Crippen molar-refractivity contribution in [1.29, 1.82) is 5.26 Å². The number of nitrogens with zero attached hydrogens (tertiary/aromatic N) is 2. The lowest BCUT2D eigenvalue weighted by Crippen LogP contribution is -2.48. The molecule has 6 nitrogen and oxygen atoms in total. The Morgan fingerprint density at radius 1 is 1.42 bits per heavy atom. The van der Waals surface area contributed by atoms with Crippen LogP contribution in [0, 0.1) is 27.4 Å². The Bertz CT molecular complexity index is 531. The van der Waals surface area contributed by atoms with Crippen molar-refractivity contribution in [3.8, 4) is 6.07 Å². The van der Waals surface area contributed by atoms with Gasteiger partial charge in [0, 0.05) is 17.7 Å². The third-order valence-electron chi connectivity index (χ3n) is 3.10. The third kappa shape index (κ3) is 3.28. The van der Waals surface area contributed by atoms with Crippen molar-refractivity contribution in [2.45, 2.75) is 26.3 Å². The van der Waals surface area contributed by atoms with Crippen LogP contribution < -0.4 is 5.32 Å². The minimum atomic E-state index is -0.973. The molecule has 1 amide bonds. The number of rotatable bonds is 4. The zero-order valence-electron chi connectivity index (χ0n) is 11.0. The average molecular weight is 261 g/mol. The topological polar surface area (TPSA) is 96.0 Å². The Morgan fingerprint density at radius 2 is 1.95 bits per heavy atom. The van der Waals surface area contributed by atoms with Gasteiger partial charge >= 0.3 is 0 Å². The summed E-state index contributed by atoms with van der Waals surface area (Å²) in [5.74, 6) is -0.479. The number of nitro groups is 1. The van der Waals surface area contributed by atoms with Gasteiger partial charge in [-0.2, -0.15) is 5.26 Å². The quantitative estimate of drug-likeness (QED) is 0.664. The number of hydrogen-bond acceptors (Lipinski definition) is 4. The second kappa shape index (κ2) is 5.48. The predicted octanol–water partition coefficient (Wildman–Crippen LogP) is 2.26. The summed E-state index contributed by atoms with van der Waals surface area (Å²) in [6.45, 7) is 5.31. The van der Waals surface area contributed by atoms with Gasteiger partial charge < -0.3 is 5.32 Å². The zero-order valence-corrected chi connectivity index (χ0v) is 11.0. The van der Waals surface area contributed by atoms with Gasteiger partial charge in [0.1, 0.15) is 5.54 Å². The lowest BCUT2D eigenvalue weighted by molar-refractivity contribution is -0.384. The number of carbonyl (C=O) groups is 1. The molecule has 100 valence electrons.